The molecule has 1 fully saturated rings. The van der Waals surface area contributed by atoms with Crippen LogP contribution in [0, 0.1) is 11.7 Å². The summed E-state index contributed by atoms with van der Waals surface area (Å²) in [6, 6.07) is 9.46. The fourth-order valence-corrected chi connectivity index (χ4v) is 5.19. The smallest absolute Gasteiger partial charge is 0.230 e. The van der Waals surface area contributed by atoms with Gasteiger partial charge in [0.1, 0.15) is 5.82 Å². The number of nitrogens with zero attached hydrogens (tertiary/aromatic N) is 4. The molecule has 1 atom stereocenters. The number of carbonyl (C=O) groups excluding carboxylic acids is 1. The number of amides is 1. The monoisotopic (exact) mass is 441 g/mol. The van der Waals surface area contributed by atoms with Gasteiger partial charge in [0.05, 0.1) is 17.2 Å². The van der Waals surface area contributed by atoms with Crippen molar-refractivity contribution >= 4 is 22.2 Å². The molecule has 160 valence electrons. The van der Waals surface area contributed by atoms with E-state index in [9.17, 15) is 14.3 Å². The van der Waals surface area contributed by atoms with E-state index >= 15 is 0 Å². The van der Waals surface area contributed by atoms with E-state index in [1.807, 2.05) is 0 Å². The lowest BCUT2D eigenvalue weighted by Crippen LogP contribution is -2.40. The van der Waals surface area contributed by atoms with Crippen molar-refractivity contribution in [3.63, 3.8) is 0 Å². The fraction of sp³-hybridized carbons (Fsp3) is 0.286. The average Bonchev–Trinajstić information content (AvgIpc) is 3.49. The first-order valence-corrected chi connectivity index (χ1v) is 10.7. The van der Waals surface area contributed by atoms with E-state index in [0.717, 1.165) is 0 Å². The van der Waals surface area contributed by atoms with Gasteiger partial charge in [0, 0.05) is 11.5 Å². The van der Waals surface area contributed by atoms with Gasteiger partial charge in [-0.1, -0.05) is 29.5 Å². The largest absolute Gasteiger partial charge is 0.492 e. The Labute approximate surface area is 180 Å². The summed E-state index contributed by atoms with van der Waals surface area (Å²) >= 11 is 1.25. The number of halogens is 1. The van der Waals surface area contributed by atoms with Crippen LogP contribution >= 0.6 is 11.3 Å². The molecule has 8 nitrogen and oxygen atoms in total. The number of fused-ring (bicyclic) bond motifs is 1. The van der Waals surface area contributed by atoms with E-state index in [4.69, 9.17) is 10.2 Å². The number of carbonyl (C=O) groups is 1. The van der Waals surface area contributed by atoms with Crippen molar-refractivity contribution in [1.29, 1.82) is 0 Å². The van der Waals surface area contributed by atoms with Crippen LogP contribution < -0.4 is 5.73 Å². The minimum Gasteiger partial charge on any atom is -0.492 e. The van der Waals surface area contributed by atoms with Crippen molar-refractivity contribution in [3.8, 4) is 17.5 Å². The Bertz CT molecular complexity index is 1230. The van der Waals surface area contributed by atoms with Gasteiger partial charge in [0.15, 0.2) is 5.76 Å². The van der Waals surface area contributed by atoms with Crippen LogP contribution in [0.1, 0.15) is 29.3 Å². The third-order valence-corrected chi connectivity index (χ3v) is 6.76. The zero-order chi connectivity index (χ0) is 21.5. The molecule has 1 saturated heterocycles. The summed E-state index contributed by atoms with van der Waals surface area (Å²) in [4.78, 5) is 19.1. The number of primary amides is 1. The van der Waals surface area contributed by atoms with Crippen LogP contribution in [0.4, 0.5) is 4.39 Å². The predicted molar refractivity (Wildman–Crippen MR) is 112 cm³/mol. The third kappa shape index (κ3) is 3.47. The minimum atomic E-state index is -0.532. The van der Waals surface area contributed by atoms with Crippen LogP contribution in [0.2, 0.25) is 0 Å². The summed E-state index contributed by atoms with van der Waals surface area (Å²) in [7, 11) is 0. The van der Waals surface area contributed by atoms with Crippen LogP contribution in [0.15, 0.2) is 47.1 Å². The second kappa shape index (κ2) is 7.78. The number of hydrogen-bond acceptors (Lipinski definition) is 7. The molecule has 0 aliphatic carbocycles. The summed E-state index contributed by atoms with van der Waals surface area (Å²) in [5.74, 6) is -0.0906. The second-order valence-corrected chi connectivity index (χ2v) is 8.54. The lowest BCUT2D eigenvalue weighted by Gasteiger charge is -2.36. The summed E-state index contributed by atoms with van der Waals surface area (Å²) < 4.78 is 21.5. The summed E-state index contributed by atoms with van der Waals surface area (Å²) in [6.45, 7) is 1.11. The van der Waals surface area contributed by atoms with E-state index in [-0.39, 0.29) is 23.5 Å². The van der Waals surface area contributed by atoms with Crippen molar-refractivity contribution in [2.45, 2.75) is 18.9 Å². The number of aromatic hydroxyl groups is 1. The van der Waals surface area contributed by atoms with Gasteiger partial charge in [-0.3, -0.25) is 9.69 Å². The van der Waals surface area contributed by atoms with Crippen LogP contribution in [0.25, 0.3) is 16.5 Å². The highest BCUT2D eigenvalue weighted by molar-refractivity contribution is 7.17. The molecule has 1 aromatic carbocycles. The molecule has 1 amide bonds. The van der Waals surface area contributed by atoms with Crippen molar-refractivity contribution in [2.24, 2.45) is 11.7 Å². The maximum atomic E-state index is 14.8. The first-order chi connectivity index (χ1) is 15.0. The van der Waals surface area contributed by atoms with Gasteiger partial charge in [-0.05, 0) is 44.1 Å². The second-order valence-electron chi connectivity index (χ2n) is 7.53. The first kappa shape index (κ1) is 19.7. The summed E-state index contributed by atoms with van der Waals surface area (Å²) in [5, 5.41) is 15.4. The quantitative estimate of drug-likeness (QED) is 0.492. The number of benzene rings is 1. The zero-order valence-electron chi connectivity index (χ0n) is 16.4. The van der Waals surface area contributed by atoms with Crippen molar-refractivity contribution in [1.82, 2.24) is 19.5 Å². The Kier molecular flexibility index (Phi) is 4.95. The highest BCUT2D eigenvalue weighted by Gasteiger charge is 2.34. The maximum absolute atomic E-state index is 14.8. The van der Waals surface area contributed by atoms with Gasteiger partial charge in [-0.15, -0.1) is 5.10 Å². The van der Waals surface area contributed by atoms with Crippen molar-refractivity contribution in [3.05, 3.63) is 58.9 Å². The van der Waals surface area contributed by atoms with E-state index < -0.39 is 6.04 Å². The highest BCUT2D eigenvalue weighted by atomic mass is 32.1. The summed E-state index contributed by atoms with van der Waals surface area (Å²) in [5.41, 5.74) is 5.92. The molecular weight excluding hydrogens is 421 g/mol. The van der Waals surface area contributed by atoms with Crippen LogP contribution in [0.3, 0.4) is 0 Å². The SMILES string of the molecule is NC(=O)C1CCN([C@@H](c2ccccc2F)c2sc3nc(-c4ccco4)nn3c2O)CC1. The lowest BCUT2D eigenvalue weighted by molar-refractivity contribution is -0.123. The van der Waals surface area contributed by atoms with Gasteiger partial charge < -0.3 is 15.3 Å². The van der Waals surface area contributed by atoms with Gasteiger partial charge in [0.25, 0.3) is 0 Å². The van der Waals surface area contributed by atoms with Gasteiger partial charge in [0.2, 0.25) is 22.6 Å². The molecule has 1 aliphatic heterocycles. The van der Waals surface area contributed by atoms with E-state index in [1.54, 1.807) is 30.3 Å². The fourth-order valence-electron chi connectivity index (χ4n) is 4.08. The van der Waals surface area contributed by atoms with Crippen LogP contribution in [-0.4, -0.2) is 43.6 Å². The Balaban J connectivity index is 1.56. The molecule has 0 bridgehead atoms. The number of thiazole rings is 1. The molecule has 3 N–H and O–H groups in total. The van der Waals surface area contributed by atoms with E-state index in [1.165, 1.54) is 28.2 Å². The van der Waals surface area contributed by atoms with Crippen molar-refractivity contribution < 1.29 is 18.7 Å². The number of nitrogens with two attached hydrogens (primary N) is 1. The molecule has 0 spiro atoms. The number of likely N-dealkylation sites (tertiary alicyclic amines) is 1. The Morgan fingerprint density at radius 2 is 2.03 bits per heavy atom. The average molecular weight is 441 g/mol. The number of piperidine rings is 1. The van der Waals surface area contributed by atoms with Gasteiger partial charge in [-0.25, -0.2) is 4.39 Å². The number of hydrogen-bond donors (Lipinski definition) is 2. The number of furan rings is 1. The predicted octanol–water partition coefficient (Wildman–Crippen LogP) is 3.18. The number of rotatable bonds is 5. The molecule has 31 heavy (non-hydrogen) atoms. The molecule has 10 heteroatoms. The van der Waals surface area contributed by atoms with Crippen molar-refractivity contribution in [2.75, 3.05) is 13.1 Å². The Morgan fingerprint density at radius 3 is 2.68 bits per heavy atom. The topological polar surface area (TPSA) is 110 Å². The van der Waals surface area contributed by atoms with Crippen LogP contribution in [-0.2, 0) is 4.79 Å². The first-order valence-electron chi connectivity index (χ1n) is 9.93. The van der Waals surface area contributed by atoms with Gasteiger partial charge >= 0.3 is 0 Å². The molecule has 1 aliphatic rings. The molecule has 4 heterocycles. The Hall–Kier alpha value is -3.24. The van der Waals surface area contributed by atoms with Gasteiger partial charge in [-0.2, -0.15) is 9.50 Å². The minimum absolute atomic E-state index is 0.0874. The molecule has 0 radical (unpaired) electrons. The molecule has 5 rings (SSSR count). The van der Waals surface area contributed by atoms with E-state index in [0.29, 0.717) is 52.9 Å². The number of aromatic nitrogens is 3. The molecular formula is C21H20FN5O3S. The maximum Gasteiger partial charge on any atom is 0.230 e. The third-order valence-electron chi connectivity index (χ3n) is 5.69. The normalized spacial score (nSPS) is 16.7. The molecule has 4 aromatic rings. The molecule has 0 unspecified atom stereocenters. The molecule has 3 aromatic heterocycles. The van der Waals surface area contributed by atoms with Crippen LogP contribution in [0.5, 0.6) is 5.88 Å². The zero-order valence-corrected chi connectivity index (χ0v) is 17.3. The lowest BCUT2D eigenvalue weighted by atomic mass is 9.93. The summed E-state index contributed by atoms with van der Waals surface area (Å²) in [6.07, 6.45) is 2.70. The highest BCUT2D eigenvalue weighted by Crippen LogP contribution is 2.42. The molecule has 0 saturated carbocycles. The Morgan fingerprint density at radius 1 is 1.26 bits per heavy atom. The standard InChI is InChI=1S/C21H20FN5O3S/c22-14-5-2-1-4-13(14)16(26-9-7-12(8-10-26)18(23)28)17-20(29)27-21(31-17)24-19(25-27)15-6-3-11-30-15/h1-6,11-12,16,29H,7-10H2,(H2,23,28)/t16-/m0/s1. The van der Waals surface area contributed by atoms with E-state index in [2.05, 4.69) is 15.0 Å².